The van der Waals surface area contributed by atoms with Gasteiger partial charge in [0.1, 0.15) is 0 Å². The van der Waals surface area contributed by atoms with Crippen LogP contribution < -0.4 is 5.32 Å². The monoisotopic (exact) mass is 215 g/mol. The second-order valence-corrected chi connectivity index (χ2v) is 4.04. The maximum absolute atomic E-state index is 4.33. The van der Waals surface area contributed by atoms with Crippen molar-refractivity contribution in [2.24, 2.45) is 7.05 Å². The number of rotatable bonds is 4. The van der Waals surface area contributed by atoms with E-state index in [1.54, 1.807) is 0 Å². The second kappa shape index (κ2) is 4.94. The summed E-state index contributed by atoms with van der Waals surface area (Å²) in [5, 5.41) is 3.45. The number of hydrogen-bond acceptors (Lipinski definition) is 2. The van der Waals surface area contributed by atoms with Crippen LogP contribution in [0.5, 0.6) is 0 Å². The first-order valence-corrected chi connectivity index (χ1v) is 5.51. The van der Waals surface area contributed by atoms with Crippen molar-refractivity contribution < 1.29 is 0 Å². The Balaban J connectivity index is 1.91. The molecule has 84 valence electrons. The fourth-order valence-corrected chi connectivity index (χ4v) is 1.67. The minimum atomic E-state index is 0.279. The zero-order chi connectivity index (χ0) is 11.4. The summed E-state index contributed by atoms with van der Waals surface area (Å²) in [4.78, 5) is 4.33. The van der Waals surface area contributed by atoms with Crippen LogP contribution in [0.1, 0.15) is 24.2 Å². The molecule has 2 aromatic rings. The molecule has 0 amide bonds. The Morgan fingerprint density at radius 3 is 2.88 bits per heavy atom. The number of pyridine rings is 1. The minimum Gasteiger partial charge on any atom is -0.357 e. The highest BCUT2D eigenvalue weighted by molar-refractivity contribution is 5.11. The largest absolute Gasteiger partial charge is 0.357 e. The van der Waals surface area contributed by atoms with Crippen LogP contribution in [0, 0.1) is 0 Å². The summed E-state index contributed by atoms with van der Waals surface area (Å²) in [5.74, 6) is 0. The number of nitrogens with zero attached hydrogens (tertiary/aromatic N) is 2. The van der Waals surface area contributed by atoms with Crippen LogP contribution in [0.25, 0.3) is 0 Å². The maximum atomic E-state index is 4.33. The third kappa shape index (κ3) is 2.70. The molecule has 0 spiro atoms. The highest BCUT2D eigenvalue weighted by Gasteiger charge is 2.05. The lowest BCUT2D eigenvalue weighted by Crippen LogP contribution is -2.18. The summed E-state index contributed by atoms with van der Waals surface area (Å²) >= 11 is 0. The van der Waals surface area contributed by atoms with Crippen molar-refractivity contribution in [1.29, 1.82) is 0 Å². The molecule has 2 aromatic heterocycles. The quantitative estimate of drug-likeness (QED) is 0.848. The summed E-state index contributed by atoms with van der Waals surface area (Å²) in [6.45, 7) is 3.00. The Bertz CT molecular complexity index is 433. The molecule has 1 N–H and O–H groups in total. The van der Waals surface area contributed by atoms with E-state index in [0.717, 1.165) is 12.2 Å². The average molecular weight is 215 g/mol. The van der Waals surface area contributed by atoms with E-state index in [2.05, 4.69) is 40.3 Å². The van der Waals surface area contributed by atoms with Crippen LogP contribution in [-0.4, -0.2) is 9.55 Å². The van der Waals surface area contributed by atoms with Crippen LogP contribution in [-0.2, 0) is 13.6 Å². The van der Waals surface area contributed by atoms with Gasteiger partial charge in [0.05, 0.1) is 5.69 Å². The Morgan fingerprint density at radius 2 is 2.25 bits per heavy atom. The van der Waals surface area contributed by atoms with Gasteiger partial charge in [0.15, 0.2) is 0 Å². The molecule has 16 heavy (non-hydrogen) atoms. The fourth-order valence-electron chi connectivity index (χ4n) is 1.67. The van der Waals surface area contributed by atoms with Gasteiger partial charge in [0.25, 0.3) is 0 Å². The minimum absolute atomic E-state index is 0.279. The average Bonchev–Trinajstić information content (AvgIpc) is 2.73. The first-order chi connectivity index (χ1) is 7.75. The molecular weight excluding hydrogens is 198 g/mol. The molecule has 0 aliphatic carbocycles. The van der Waals surface area contributed by atoms with Gasteiger partial charge in [0, 0.05) is 38.2 Å². The molecule has 1 atom stereocenters. The van der Waals surface area contributed by atoms with E-state index in [1.807, 2.05) is 31.4 Å². The molecule has 0 radical (unpaired) electrons. The van der Waals surface area contributed by atoms with Gasteiger partial charge in [-0.2, -0.15) is 0 Å². The lowest BCUT2D eigenvalue weighted by atomic mass is 10.2. The highest BCUT2D eigenvalue weighted by Crippen LogP contribution is 2.09. The molecule has 0 aromatic carbocycles. The third-order valence-electron chi connectivity index (χ3n) is 2.64. The van der Waals surface area contributed by atoms with Gasteiger partial charge < -0.3 is 9.88 Å². The van der Waals surface area contributed by atoms with Crippen molar-refractivity contribution >= 4 is 0 Å². The van der Waals surface area contributed by atoms with Gasteiger partial charge in [-0.3, -0.25) is 4.98 Å². The zero-order valence-corrected chi connectivity index (χ0v) is 9.72. The lowest BCUT2D eigenvalue weighted by molar-refractivity contribution is 0.561. The smallest absolute Gasteiger partial charge is 0.0570 e. The molecule has 0 saturated heterocycles. The van der Waals surface area contributed by atoms with Crippen molar-refractivity contribution in [2.45, 2.75) is 19.5 Å². The van der Waals surface area contributed by atoms with E-state index in [9.17, 15) is 0 Å². The van der Waals surface area contributed by atoms with Crippen molar-refractivity contribution in [1.82, 2.24) is 14.9 Å². The van der Waals surface area contributed by atoms with Crippen LogP contribution in [0.3, 0.4) is 0 Å². The van der Waals surface area contributed by atoms with Crippen LogP contribution >= 0.6 is 0 Å². The van der Waals surface area contributed by atoms with Gasteiger partial charge in [-0.25, -0.2) is 0 Å². The first-order valence-electron chi connectivity index (χ1n) is 5.51. The maximum Gasteiger partial charge on any atom is 0.0570 e. The molecular formula is C13H17N3. The van der Waals surface area contributed by atoms with E-state index in [4.69, 9.17) is 0 Å². The predicted octanol–water partition coefficient (Wildman–Crippen LogP) is 2.27. The molecule has 2 rings (SSSR count). The summed E-state index contributed by atoms with van der Waals surface area (Å²) in [5.41, 5.74) is 2.38. The topological polar surface area (TPSA) is 29.9 Å². The number of aromatic nitrogens is 2. The van der Waals surface area contributed by atoms with Gasteiger partial charge in [-0.05, 0) is 30.7 Å². The van der Waals surface area contributed by atoms with E-state index >= 15 is 0 Å². The zero-order valence-electron chi connectivity index (χ0n) is 9.72. The van der Waals surface area contributed by atoms with Crippen molar-refractivity contribution in [3.63, 3.8) is 0 Å². The van der Waals surface area contributed by atoms with E-state index in [0.29, 0.717) is 0 Å². The Kier molecular flexibility index (Phi) is 3.37. The molecule has 2 heterocycles. The number of aryl methyl sites for hydroxylation is 1. The predicted molar refractivity (Wildman–Crippen MR) is 64.9 cm³/mol. The molecule has 0 saturated carbocycles. The standard InChI is InChI=1S/C13H17N3/c1-11(13-5-3-4-7-14-13)15-9-12-6-8-16(2)10-12/h3-8,10-11,15H,9H2,1-2H3/t11-/m1/s1. The van der Waals surface area contributed by atoms with Gasteiger partial charge in [-0.15, -0.1) is 0 Å². The summed E-state index contributed by atoms with van der Waals surface area (Å²) in [6.07, 6.45) is 6.01. The molecule has 0 fully saturated rings. The molecule has 0 bridgehead atoms. The SMILES string of the molecule is C[C@@H](NCc1ccn(C)c1)c1ccccn1. The number of nitrogens with one attached hydrogen (secondary N) is 1. The van der Waals surface area contributed by atoms with Gasteiger partial charge >= 0.3 is 0 Å². The Labute approximate surface area is 96.1 Å². The molecule has 0 aliphatic rings. The molecule has 3 heteroatoms. The van der Waals surface area contributed by atoms with E-state index in [-0.39, 0.29) is 6.04 Å². The lowest BCUT2D eigenvalue weighted by Gasteiger charge is -2.12. The van der Waals surface area contributed by atoms with Gasteiger partial charge in [-0.1, -0.05) is 6.07 Å². The summed E-state index contributed by atoms with van der Waals surface area (Å²) in [7, 11) is 2.03. The van der Waals surface area contributed by atoms with Crippen LogP contribution in [0.4, 0.5) is 0 Å². The van der Waals surface area contributed by atoms with Crippen molar-refractivity contribution in [3.05, 3.63) is 54.1 Å². The molecule has 0 unspecified atom stereocenters. The van der Waals surface area contributed by atoms with E-state index in [1.165, 1.54) is 5.56 Å². The highest BCUT2D eigenvalue weighted by atomic mass is 14.9. The normalized spacial score (nSPS) is 12.6. The third-order valence-corrected chi connectivity index (χ3v) is 2.64. The second-order valence-electron chi connectivity index (χ2n) is 4.04. The Hall–Kier alpha value is -1.61. The molecule has 0 aliphatic heterocycles. The van der Waals surface area contributed by atoms with Crippen LogP contribution in [0.15, 0.2) is 42.9 Å². The fraction of sp³-hybridized carbons (Fsp3) is 0.308. The summed E-state index contributed by atoms with van der Waals surface area (Å²) in [6, 6.07) is 8.40. The van der Waals surface area contributed by atoms with Gasteiger partial charge in [0.2, 0.25) is 0 Å². The number of hydrogen-bond donors (Lipinski definition) is 1. The Morgan fingerprint density at radius 1 is 1.38 bits per heavy atom. The summed E-state index contributed by atoms with van der Waals surface area (Å²) < 4.78 is 2.06. The van der Waals surface area contributed by atoms with Crippen molar-refractivity contribution in [3.8, 4) is 0 Å². The van der Waals surface area contributed by atoms with E-state index < -0.39 is 0 Å². The first kappa shape index (κ1) is 10.9. The molecule has 3 nitrogen and oxygen atoms in total. The van der Waals surface area contributed by atoms with Crippen LogP contribution in [0.2, 0.25) is 0 Å². The van der Waals surface area contributed by atoms with Crippen molar-refractivity contribution in [2.75, 3.05) is 0 Å².